The number of fused-ring (bicyclic) bond motifs is 1. The molecule has 12 aromatic rings. The highest BCUT2D eigenvalue weighted by Crippen LogP contribution is 2.54. The summed E-state index contributed by atoms with van der Waals surface area (Å²) in [7, 11) is 6.42. The van der Waals surface area contributed by atoms with Gasteiger partial charge in [0.15, 0.2) is 29.4 Å². The van der Waals surface area contributed by atoms with Crippen LogP contribution < -0.4 is 27.7 Å². The van der Waals surface area contributed by atoms with E-state index in [-0.39, 0.29) is 64.5 Å². The van der Waals surface area contributed by atoms with Crippen molar-refractivity contribution in [1.82, 2.24) is 29.6 Å². The third-order valence-electron chi connectivity index (χ3n) is 21.8. The Morgan fingerprint density at radius 2 is 1.20 bits per heavy atom. The molecule has 4 amide bonds. The number of methoxy groups -OCH3 is 1. The lowest BCUT2D eigenvalue weighted by Gasteiger charge is -2.40. The Balaban J connectivity index is 0.000000131. The Hall–Kier alpha value is -12.2. The van der Waals surface area contributed by atoms with E-state index < -0.39 is 45.7 Å². The van der Waals surface area contributed by atoms with Gasteiger partial charge in [0.1, 0.15) is 50.0 Å². The van der Waals surface area contributed by atoms with Gasteiger partial charge in [0, 0.05) is 77.5 Å². The van der Waals surface area contributed by atoms with Gasteiger partial charge in [-0.15, -0.1) is 45.3 Å². The van der Waals surface area contributed by atoms with Gasteiger partial charge in [-0.2, -0.15) is 10.5 Å². The number of aromatic nitrogens is 2. The molecule has 10 heterocycles. The number of carbonyl (C=O) groups is 4. The van der Waals surface area contributed by atoms with Crippen LogP contribution in [-0.2, 0) is 53.8 Å². The predicted molar refractivity (Wildman–Crippen MR) is 463 cm³/mol. The smallest absolute Gasteiger partial charge is 0.270 e. The van der Waals surface area contributed by atoms with E-state index in [2.05, 4.69) is 42.3 Å². The minimum absolute atomic E-state index is 0.0102. The molecule has 0 spiro atoms. The van der Waals surface area contributed by atoms with Crippen molar-refractivity contribution < 1.29 is 41.5 Å². The number of benzene rings is 6. The Bertz CT molecular complexity index is 6090. The molecule has 22 nitrogen and oxygen atoms in total. The van der Waals surface area contributed by atoms with Gasteiger partial charge in [0.2, 0.25) is 23.6 Å². The molecular weight excluding hydrogens is 1680 g/mol. The number of nitriles is 2. The van der Waals surface area contributed by atoms with Crippen molar-refractivity contribution in [2.45, 2.75) is 87.0 Å². The molecule has 604 valence electrons. The summed E-state index contributed by atoms with van der Waals surface area (Å²) in [6, 6.07) is 58.2. The summed E-state index contributed by atoms with van der Waals surface area (Å²) in [5, 5.41) is 24.4. The van der Waals surface area contributed by atoms with Crippen molar-refractivity contribution in [2.24, 2.45) is 54.7 Å². The molecule has 119 heavy (non-hydrogen) atoms. The van der Waals surface area contributed by atoms with Crippen LogP contribution in [0.2, 0.25) is 5.02 Å². The van der Waals surface area contributed by atoms with Gasteiger partial charge >= 0.3 is 0 Å². The number of hydrogen-bond acceptors (Lipinski definition) is 22. The summed E-state index contributed by atoms with van der Waals surface area (Å²) in [6.07, 6.45) is 7.26. The molecule has 0 radical (unpaired) electrons. The van der Waals surface area contributed by atoms with Crippen LogP contribution in [0, 0.1) is 40.3 Å². The van der Waals surface area contributed by atoms with Crippen molar-refractivity contribution in [1.29, 1.82) is 10.5 Å². The number of amides is 4. The zero-order valence-corrected chi connectivity index (χ0v) is 70.9. The fraction of sp³-hybridized carbons (Fsp3) is 0.227. The highest BCUT2D eigenvalue weighted by molar-refractivity contribution is 9.11. The SMILES string of the molecule is CN1C(=O)C(c2ccc(C(C)(F)F)cc2)[C@@](C)(c2sc(C#N)cc2Cl)N=C1N.CN1C(=O)C(c2ccc3occc3c2)[C@@](C)(c2cc(-c3ncc(Br)s3)cs2)N=C1N.CN1C(=O)[C@@H](C2CC2)[C@@](C)(c2cc(-c3ccc(F)c(C#N)c3)cs2)N=C1N.COc1ccc(-c2cccc(CN3C(=O)C(c4ccccc4)(c4ccccc4)N=C3N)c2)cn1. The molecule has 6 aromatic heterocycles. The largest absolute Gasteiger partial charge is 0.481 e. The number of furan rings is 1. The molecule has 1 fully saturated rings. The molecule has 0 saturated heterocycles. The zero-order chi connectivity index (χ0) is 84.8. The average molecular weight is 1760 g/mol. The van der Waals surface area contributed by atoms with Gasteiger partial charge in [0.05, 0.1) is 63.1 Å². The topological polar surface area (TPSA) is 330 Å². The number of aliphatic imine (C=N–C) groups is 4. The van der Waals surface area contributed by atoms with Crippen LogP contribution in [0.3, 0.4) is 0 Å². The molecular formula is C88H77BrClF3N16O6S4. The molecule has 31 heteroatoms. The molecule has 1 saturated carbocycles. The van der Waals surface area contributed by atoms with Gasteiger partial charge in [-0.3, -0.25) is 38.8 Å². The number of thiazole rings is 1. The zero-order valence-electron chi connectivity index (χ0n) is 65.3. The summed E-state index contributed by atoms with van der Waals surface area (Å²) in [5.41, 5.74) is 29.7. The fourth-order valence-corrected chi connectivity index (χ4v) is 20.1. The Morgan fingerprint density at radius 1 is 0.613 bits per heavy atom. The number of rotatable bonds is 15. The van der Waals surface area contributed by atoms with E-state index in [0.29, 0.717) is 38.7 Å². The maximum atomic E-state index is 14.0. The molecule has 6 atom stereocenters. The molecule has 17 rings (SSSR count). The van der Waals surface area contributed by atoms with Gasteiger partial charge in [-0.05, 0) is 166 Å². The van der Waals surface area contributed by atoms with E-state index in [1.54, 1.807) is 86.5 Å². The molecule has 5 aliphatic rings. The first-order valence-electron chi connectivity index (χ1n) is 37.2. The van der Waals surface area contributed by atoms with Gasteiger partial charge in [-0.1, -0.05) is 127 Å². The molecule has 1 aliphatic carbocycles. The first-order chi connectivity index (χ1) is 56.8. The fourth-order valence-electron chi connectivity index (χ4n) is 15.3. The number of nitrogens with zero attached hydrogens (tertiary/aromatic N) is 12. The van der Waals surface area contributed by atoms with Crippen molar-refractivity contribution >= 4 is 131 Å². The van der Waals surface area contributed by atoms with Crippen molar-refractivity contribution in [3.05, 3.63) is 284 Å². The molecule has 6 aromatic carbocycles. The summed E-state index contributed by atoms with van der Waals surface area (Å²) < 4.78 is 52.3. The Kier molecular flexibility index (Phi) is 23.3. The first kappa shape index (κ1) is 83.3. The standard InChI is InChI=1S/C28H24N4O2.C21H17BrN4O2S2.C20H19FN4OS.C19H17ClF2N4OS/c1-34-25-16-15-22(18-30-25)21-10-8-9-20(17-21)19-32-26(33)28(31-27(32)29,23-11-4-2-5-12-23)24-13-6-3-7-14-24;1-21(15-8-13(10-29-15)18-24-9-16(22)30-18)17(19(27)26(2)20(23)25-21)12-3-4-14-11(7-12)5-6-28-14;1-20(17(11-3-4-11)18(26)25(2)19(23)24-20)16-8-14(10-27-16)12-5-6-15(21)13(7-12)9-22;1-18(15-13(20)8-12(9-23)28-15)14(16(27)26(3)17(24)25-18)10-4-6-11(7-5-10)19(2,21)22/h2-18H,19H2,1H3,(H2,29,31);3-10,17H,1-2H3,(H2,23,25);5-8,10-11,17H,3-4H2,1-2H3,(H2,23,24);4-8,14H,1-3H3,(H2,24,25)/t;17?,21-;17-,20-;14?,18-/m.110/s1. The number of ether oxygens (including phenoxy) is 1. The van der Waals surface area contributed by atoms with E-state index in [9.17, 15) is 37.6 Å². The molecule has 0 bridgehead atoms. The van der Waals surface area contributed by atoms with Crippen molar-refractivity contribution in [2.75, 3.05) is 28.3 Å². The lowest BCUT2D eigenvalue weighted by atomic mass is 9.77. The van der Waals surface area contributed by atoms with Crippen LogP contribution in [0.25, 0.3) is 43.8 Å². The molecule has 4 aliphatic heterocycles. The average Bonchev–Trinajstić information content (AvgIpc) is 1.27. The lowest BCUT2D eigenvalue weighted by molar-refractivity contribution is -0.135. The van der Waals surface area contributed by atoms with E-state index in [1.807, 2.05) is 159 Å². The van der Waals surface area contributed by atoms with Crippen molar-refractivity contribution in [3.63, 3.8) is 0 Å². The van der Waals surface area contributed by atoms with Crippen LogP contribution in [0.4, 0.5) is 13.2 Å². The highest BCUT2D eigenvalue weighted by Gasteiger charge is 2.55. The summed E-state index contributed by atoms with van der Waals surface area (Å²) in [5.74, 6) is -4.14. The number of alkyl halides is 2. The number of pyridine rings is 1. The second kappa shape index (κ2) is 33.3. The van der Waals surface area contributed by atoms with Crippen LogP contribution in [-0.4, -0.2) is 105 Å². The van der Waals surface area contributed by atoms with E-state index in [0.717, 1.165) is 111 Å². The highest BCUT2D eigenvalue weighted by atomic mass is 79.9. The quantitative estimate of drug-likeness (QED) is 0.0741. The predicted octanol–water partition coefficient (Wildman–Crippen LogP) is 17.1. The first-order valence-corrected chi connectivity index (χ1v) is 41.8. The number of hydrogen-bond donors (Lipinski definition) is 4. The monoisotopic (exact) mass is 1750 g/mol. The normalized spacial score (nSPS) is 20.8. The minimum Gasteiger partial charge on any atom is -0.481 e. The third-order valence-corrected chi connectivity index (χ3v) is 27.4. The molecule has 2 unspecified atom stereocenters. The summed E-state index contributed by atoms with van der Waals surface area (Å²) >= 11 is 15.6. The number of guanidine groups is 4. The lowest BCUT2D eigenvalue weighted by Crippen LogP contribution is -2.54. The van der Waals surface area contributed by atoms with Gasteiger partial charge in [-0.25, -0.2) is 43.1 Å². The van der Waals surface area contributed by atoms with E-state index in [4.69, 9.17) is 63.9 Å². The van der Waals surface area contributed by atoms with Gasteiger partial charge in [0.25, 0.3) is 11.8 Å². The number of halogens is 5. The van der Waals surface area contributed by atoms with E-state index in [1.165, 1.54) is 69.5 Å². The number of likely N-dealkylation sites (N-methyl/N-ethyl adjacent to an activating group) is 2. The second-order valence-electron chi connectivity index (χ2n) is 29.6. The van der Waals surface area contributed by atoms with Gasteiger partial charge < -0.3 is 32.1 Å². The van der Waals surface area contributed by atoms with Crippen LogP contribution in [0.1, 0.15) is 111 Å². The van der Waals surface area contributed by atoms with Crippen LogP contribution >= 0.6 is 72.9 Å². The number of thiophene rings is 3. The third kappa shape index (κ3) is 16.1. The van der Waals surface area contributed by atoms with Crippen LogP contribution in [0.5, 0.6) is 5.88 Å². The maximum absolute atomic E-state index is 14.0. The summed E-state index contributed by atoms with van der Waals surface area (Å²) in [6.45, 7) is 6.77. The maximum Gasteiger partial charge on any atom is 0.270 e. The Morgan fingerprint density at radius 3 is 1.79 bits per heavy atom. The number of nitrogens with two attached hydrogens (primary N) is 4. The van der Waals surface area contributed by atoms with Crippen LogP contribution in [0.15, 0.2) is 240 Å². The second-order valence-corrected chi connectivity index (χ2v) is 35.3. The number of carbonyl (C=O) groups excluding carboxylic acids is 4. The minimum atomic E-state index is -2.99. The Labute approximate surface area is 713 Å². The molecule has 8 N–H and O–H groups in total. The summed E-state index contributed by atoms with van der Waals surface area (Å²) in [4.78, 5) is 89.4. The van der Waals surface area contributed by atoms with E-state index >= 15 is 0 Å². The van der Waals surface area contributed by atoms with Crippen molar-refractivity contribution in [3.8, 4) is 50.8 Å².